The van der Waals surface area contributed by atoms with Gasteiger partial charge in [0.05, 0.1) is 18.9 Å². The maximum Gasteiger partial charge on any atom is 0.254 e. The molecule has 7 nitrogen and oxygen atoms in total. The van der Waals surface area contributed by atoms with Crippen LogP contribution in [0.3, 0.4) is 0 Å². The molecule has 7 heteroatoms. The fourth-order valence-electron chi connectivity index (χ4n) is 3.73. The van der Waals surface area contributed by atoms with Crippen molar-refractivity contribution in [3.8, 4) is 11.1 Å². The molecule has 1 N–H and O–H groups in total. The van der Waals surface area contributed by atoms with E-state index in [2.05, 4.69) is 15.5 Å². The molecule has 0 unspecified atom stereocenters. The summed E-state index contributed by atoms with van der Waals surface area (Å²) in [6.07, 6.45) is 4.53. The van der Waals surface area contributed by atoms with Crippen LogP contribution in [0.5, 0.6) is 0 Å². The molecule has 0 saturated carbocycles. The number of carbonyl (C=O) groups is 1. The molecule has 32 heavy (non-hydrogen) atoms. The summed E-state index contributed by atoms with van der Waals surface area (Å²) in [5, 5.41) is 7.27. The van der Waals surface area contributed by atoms with E-state index in [4.69, 9.17) is 9.57 Å². The summed E-state index contributed by atoms with van der Waals surface area (Å²) in [5.74, 6) is 1.61. The first-order chi connectivity index (χ1) is 15.5. The van der Waals surface area contributed by atoms with Crippen molar-refractivity contribution in [3.05, 3.63) is 71.3 Å². The van der Waals surface area contributed by atoms with Gasteiger partial charge in [-0.3, -0.25) is 4.79 Å². The van der Waals surface area contributed by atoms with E-state index in [0.717, 1.165) is 46.0 Å². The van der Waals surface area contributed by atoms with E-state index in [1.54, 1.807) is 0 Å². The lowest BCUT2D eigenvalue weighted by atomic mass is 10.0. The normalized spacial score (nSPS) is 17.0. The number of allylic oxidation sites excluding steroid dienone is 3. The van der Waals surface area contributed by atoms with Crippen molar-refractivity contribution in [2.24, 2.45) is 5.16 Å². The lowest BCUT2D eigenvalue weighted by molar-refractivity contribution is 0.0303. The van der Waals surface area contributed by atoms with Crippen LogP contribution in [0.25, 0.3) is 11.1 Å². The van der Waals surface area contributed by atoms with E-state index in [-0.39, 0.29) is 5.91 Å². The van der Waals surface area contributed by atoms with Crippen LogP contribution in [0.15, 0.2) is 70.9 Å². The van der Waals surface area contributed by atoms with Gasteiger partial charge in [0.2, 0.25) is 0 Å². The van der Waals surface area contributed by atoms with Gasteiger partial charge in [-0.1, -0.05) is 17.3 Å². The Hall–Kier alpha value is -3.45. The molecule has 1 saturated heterocycles. The molecule has 1 aromatic carbocycles. The molecule has 2 aliphatic rings. The Balaban J connectivity index is 1.44. The van der Waals surface area contributed by atoms with E-state index in [1.165, 1.54) is 0 Å². The first-order valence-electron chi connectivity index (χ1n) is 10.8. The molecule has 0 radical (unpaired) electrons. The summed E-state index contributed by atoms with van der Waals surface area (Å²) in [5.41, 5.74) is 5.77. The predicted molar refractivity (Wildman–Crippen MR) is 125 cm³/mol. The second kappa shape index (κ2) is 9.78. The van der Waals surface area contributed by atoms with Gasteiger partial charge in [-0.05, 0) is 56.2 Å². The highest BCUT2D eigenvalue weighted by molar-refractivity contribution is 5.95. The number of oxime groups is 1. The highest BCUT2D eigenvalue weighted by Crippen LogP contribution is 2.25. The zero-order valence-electron chi connectivity index (χ0n) is 18.7. The molecule has 166 valence electrons. The second-order valence-electron chi connectivity index (χ2n) is 8.02. The molecular formula is C25H28N4O3. The average molecular weight is 433 g/mol. The van der Waals surface area contributed by atoms with Crippen molar-refractivity contribution >= 4 is 17.4 Å². The fourth-order valence-corrected chi connectivity index (χ4v) is 3.73. The molecule has 3 heterocycles. The number of nitrogens with zero attached hydrogens (tertiary/aromatic N) is 3. The number of rotatable bonds is 5. The van der Waals surface area contributed by atoms with Crippen LogP contribution >= 0.6 is 0 Å². The first-order valence-corrected chi connectivity index (χ1v) is 10.8. The number of pyridine rings is 1. The minimum atomic E-state index is 0.0404. The zero-order chi connectivity index (χ0) is 22.5. The second-order valence-corrected chi connectivity index (χ2v) is 8.02. The summed E-state index contributed by atoms with van der Waals surface area (Å²) in [6, 6.07) is 11.6. The van der Waals surface area contributed by atoms with Gasteiger partial charge in [0.25, 0.3) is 5.91 Å². The number of aromatic nitrogens is 1. The molecule has 1 aromatic heterocycles. The van der Waals surface area contributed by atoms with Gasteiger partial charge in [0.15, 0.2) is 0 Å². The lowest BCUT2D eigenvalue weighted by Crippen LogP contribution is -2.40. The molecule has 0 atom stereocenters. The maximum atomic E-state index is 12.8. The number of ether oxygens (including phenoxy) is 1. The summed E-state index contributed by atoms with van der Waals surface area (Å²) < 4.78 is 5.34. The Bertz CT molecular complexity index is 1080. The molecule has 0 spiro atoms. The van der Waals surface area contributed by atoms with Gasteiger partial charge < -0.3 is 19.8 Å². The summed E-state index contributed by atoms with van der Waals surface area (Å²) in [4.78, 5) is 24.5. The molecule has 2 aromatic rings. The van der Waals surface area contributed by atoms with E-state index in [1.807, 2.05) is 74.5 Å². The van der Waals surface area contributed by atoms with E-state index in [9.17, 15) is 4.79 Å². The van der Waals surface area contributed by atoms with Crippen LogP contribution in [0.2, 0.25) is 0 Å². The molecule has 0 bridgehead atoms. The SMILES string of the molecule is CC1=NOC(C)=C(/C(C)=C/Nc2ccc(-c3cccc(C(=O)N4CCOCC4)c3)cn2)C1. The minimum Gasteiger partial charge on any atom is -0.378 e. The average Bonchev–Trinajstić information content (AvgIpc) is 2.84. The number of hydrogen-bond donors (Lipinski definition) is 1. The highest BCUT2D eigenvalue weighted by Gasteiger charge is 2.19. The lowest BCUT2D eigenvalue weighted by Gasteiger charge is -2.27. The van der Waals surface area contributed by atoms with E-state index >= 15 is 0 Å². The quantitative estimate of drug-likeness (QED) is 0.747. The van der Waals surface area contributed by atoms with Gasteiger partial charge in [-0.2, -0.15) is 0 Å². The molecule has 2 aliphatic heterocycles. The third kappa shape index (κ3) is 5.06. The third-order valence-electron chi connectivity index (χ3n) is 5.61. The van der Waals surface area contributed by atoms with Gasteiger partial charge >= 0.3 is 0 Å². The molecular weight excluding hydrogens is 404 g/mol. The van der Waals surface area contributed by atoms with Crippen LogP contribution in [0.4, 0.5) is 5.82 Å². The monoisotopic (exact) mass is 432 g/mol. The third-order valence-corrected chi connectivity index (χ3v) is 5.61. The highest BCUT2D eigenvalue weighted by atomic mass is 16.6. The van der Waals surface area contributed by atoms with Crippen molar-refractivity contribution in [3.63, 3.8) is 0 Å². The van der Waals surface area contributed by atoms with Gasteiger partial charge in [0.1, 0.15) is 11.6 Å². The Morgan fingerprint density at radius 1 is 1.12 bits per heavy atom. The van der Waals surface area contributed by atoms with Crippen molar-refractivity contribution in [2.75, 3.05) is 31.6 Å². The maximum absolute atomic E-state index is 12.8. The number of amides is 1. The molecule has 1 fully saturated rings. The van der Waals surface area contributed by atoms with Crippen LogP contribution in [-0.2, 0) is 9.57 Å². The predicted octanol–water partition coefficient (Wildman–Crippen LogP) is 4.61. The number of nitrogens with one attached hydrogen (secondary N) is 1. The fraction of sp³-hybridized carbons (Fsp3) is 0.320. The number of morpholine rings is 1. The van der Waals surface area contributed by atoms with Crippen LogP contribution in [-0.4, -0.2) is 47.8 Å². The summed E-state index contributed by atoms with van der Waals surface area (Å²) in [6.45, 7) is 8.37. The van der Waals surface area contributed by atoms with Crippen molar-refractivity contribution in [2.45, 2.75) is 27.2 Å². The Labute approximate surface area is 188 Å². The Kier molecular flexibility index (Phi) is 6.66. The number of hydrogen-bond acceptors (Lipinski definition) is 6. The molecule has 4 rings (SSSR count). The van der Waals surface area contributed by atoms with Crippen LogP contribution in [0.1, 0.15) is 37.6 Å². The van der Waals surface area contributed by atoms with E-state index in [0.29, 0.717) is 31.9 Å². The first kappa shape index (κ1) is 21.8. The molecule has 0 aliphatic carbocycles. The zero-order valence-corrected chi connectivity index (χ0v) is 18.7. The standard InChI is InChI=1S/C25H28N4O3/c1-17(23-13-18(2)28-32-19(23)3)15-26-24-8-7-22(16-27-24)20-5-4-6-21(14-20)25(30)29-9-11-31-12-10-29/h4-8,14-16H,9-13H2,1-3H3,(H,26,27)/b17-15+. The van der Waals surface area contributed by atoms with Crippen LogP contribution < -0.4 is 5.32 Å². The smallest absolute Gasteiger partial charge is 0.254 e. The van der Waals surface area contributed by atoms with Crippen molar-refractivity contribution < 1.29 is 14.4 Å². The summed E-state index contributed by atoms with van der Waals surface area (Å²) >= 11 is 0. The van der Waals surface area contributed by atoms with E-state index < -0.39 is 0 Å². The largest absolute Gasteiger partial charge is 0.378 e. The Morgan fingerprint density at radius 3 is 2.69 bits per heavy atom. The molecule has 1 amide bonds. The number of anilines is 1. The topological polar surface area (TPSA) is 76.0 Å². The van der Waals surface area contributed by atoms with Gasteiger partial charge in [-0.25, -0.2) is 4.98 Å². The van der Waals surface area contributed by atoms with Gasteiger partial charge in [-0.15, -0.1) is 0 Å². The minimum absolute atomic E-state index is 0.0404. The number of carbonyl (C=O) groups excluding carboxylic acids is 1. The van der Waals surface area contributed by atoms with Crippen molar-refractivity contribution in [1.29, 1.82) is 0 Å². The van der Waals surface area contributed by atoms with Crippen molar-refractivity contribution in [1.82, 2.24) is 9.88 Å². The summed E-state index contributed by atoms with van der Waals surface area (Å²) in [7, 11) is 0. The number of benzene rings is 1. The van der Waals surface area contributed by atoms with Gasteiger partial charge in [0, 0.05) is 48.6 Å². The Morgan fingerprint density at radius 2 is 1.94 bits per heavy atom. The van der Waals surface area contributed by atoms with Crippen LogP contribution in [0, 0.1) is 0 Å².